The second-order valence-corrected chi connectivity index (χ2v) is 10.8. The normalized spacial score (nSPS) is 20.4. The highest BCUT2D eigenvalue weighted by molar-refractivity contribution is 5.99. The minimum absolute atomic E-state index is 0.110. The number of anilines is 1. The SMILES string of the molecule is C=CC(=O)N1CCc2nn(-c3ccc(C4CC4)cc3O)c3c2C(C1C)N(C(=O)c1cnc(C(F)(F)F)cc1N)CC3. The van der Waals surface area contributed by atoms with Gasteiger partial charge in [0, 0.05) is 43.4 Å². The number of nitrogens with zero attached hydrogens (tertiary/aromatic N) is 5. The molecule has 1 saturated carbocycles. The van der Waals surface area contributed by atoms with Gasteiger partial charge in [0.05, 0.1) is 29.0 Å². The van der Waals surface area contributed by atoms with Crippen LogP contribution >= 0.6 is 0 Å². The number of nitrogen functional groups attached to an aromatic ring is 1. The molecule has 3 N–H and O–H groups in total. The quantitative estimate of drug-likeness (QED) is 0.459. The van der Waals surface area contributed by atoms with Crippen LogP contribution in [0.1, 0.15) is 70.3 Å². The topological polar surface area (TPSA) is 118 Å². The number of benzene rings is 1. The molecule has 2 amide bonds. The maximum Gasteiger partial charge on any atom is 0.433 e. The van der Waals surface area contributed by atoms with Gasteiger partial charge in [-0.1, -0.05) is 12.6 Å². The molecule has 3 aromatic rings. The molecule has 4 heterocycles. The number of halogens is 3. The van der Waals surface area contributed by atoms with Crippen molar-refractivity contribution in [1.29, 1.82) is 0 Å². The van der Waals surface area contributed by atoms with Crippen molar-refractivity contribution in [3.8, 4) is 11.4 Å². The van der Waals surface area contributed by atoms with Gasteiger partial charge in [-0.05, 0) is 55.5 Å². The van der Waals surface area contributed by atoms with Crippen molar-refractivity contribution < 1.29 is 27.9 Å². The summed E-state index contributed by atoms with van der Waals surface area (Å²) in [6.07, 6.45) is 0.335. The number of phenols is 1. The molecule has 1 aromatic carbocycles. The summed E-state index contributed by atoms with van der Waals surface area (Å²) in [6.45, 7) is 5.94. The van der Waals surface area contributed by atoms with Gasteiger partial charge in [-0.3, -0.25) is 14.6 Å². The van der Waals surface area contributed by atoms with Crippen molar-refractivity contribution in [2.45, 2.75) is 56.8 Å². The van der Waals surface area contributed by atoms with Gasteiger partial charge in [-0.15, -0.1) is 0 Å². The minimum Gasteiger partial charge on any atom is -0.506 e. The first-order valence-electron chi connectivity index (χ1n) is 13.5. The number of carbonyl (C=O) groups excluding carboxylic acids is 2. The van der Waals surface area contributed by atoms with E-state index in [1.807, 2.05) is 19.1 Å². The number of nitrogens with two attached hydrogens (primary N) is 1. The standard InChI is InChI=1S/C29H29F3N6O3/c1-3-25(40)36-10-8-20-26-22(38(35-20)21-7-6-17(12-23(21)39)16-4-5-16)9-11-37(27(26)15(36)2)28(41)18-14-34-24(13-19(18)33)29(30,31)32/h3,6-7,12-16,27,39H,1,4-5,8-11H2,2H3,(H2,33,34). The third kappa shape index (κ3) is 4.51. The first kappa shape index (κ1) is 26.9. The molecule has 0 bridgehead atoms. The van der Waals surface area contributed by atoms with Gasteiger partial charge in [0.1, 0.15) is 17.1 Å². The van der Waals surface area contributed by atoms with Crippen molar-refractivity contribution in [2.24, 2.45) is 0 Å². The number of aromatic hydroxyl groups is 1. The zero-order valence-corrected chi connectivity index (χ0v) is 22.4. The summed E-state index contributed by atoms with van der Waals surface area (Å²) >= 11 is 0. The van der Waals surface area contributed by atoms with E-state index in [0.29, 0.717) is 42.8 Å². The number of amides is 2. The molecular weight excluding hydrogens is 537 g/mol. The van der Waals surface area contributed by atoms with Crippen LogP contribution in [0.3, 0.4) is 0 Å². The van der Waals surface area contributed by atoms with Gasteiger partial charge in [-0.2, -0.15) is 18.3 Å². The van der Waals surface area contributed by atoms with E-state index in [0.717, 1.165) is 35.9 Å². The average molecular weight is 567 g/mol. The lowest BCUT2D eigenvalue weighted by atomic mass is 9.90. The van der Waals surface area contributed by atoms with Crippen molar-refractivity contribution >= 4 is 17.5 Å². The highest BCUT2D eigenvalue weighted by Crippen LogP contribution is 2.44. The van der Waals surface area contributed by atoms with Crippen LogP contribution in [0.2, 0.25) is 0 Å². The second kappa shape index (κ2) is 9.64. The van der Waals surface area contributed by atoms with Crippen LogP contribution in [0.5, 0.6) is 5.75 Å². The molecule has 2 aliphatic heterocycles. The molecule has 12 heteroatoms. The second-order valence-electron chi connectivity index (χ2n) is 10.8. The van der Waals surface area contributed by atoms with Crippen LogP contribution in [-0.2, 0) is 23.8 Å². The van der Waals surface area contributed by atoms with Crippen LogP contribution < -0.4 is 5.73 Å². The number of carbonyl (C=O) groups is 2. The van der Waals surface area contributed by atoms with E-state index in [2.05, 4.69) is 11.6 Å². The Bertz CT molecular complexity index is 1580. The molecule has 2 atom stereocenters. The van der Waals surface area contributed by atoms with E-state index >= 15 is 0 Å². The molecule has 6 rings (SSSR count). The van der Waals surface area contributed by atoms with E-state index in [-0.39, 0.29) is 29.5 Å². The molecule has 214 valence electrons. The lowest BCUT2D eigenvalue weighted by molar-refractivity contribution is -0.141. The zero-order chi connectivity index (χ0) is 29.2. The van der Waals surface area contributed by atoms with E-state index in [4.69, 9.17) is 10.8 Å². The Morgan fingerprint density at radius 2 is 1.88 bits per heavy atom. The van der Waals surface area contributed by atoms with Crippen LogP contribution in [0.4, 0.5) is 18.9 Å². The number of phenolic OH excluding ortho intramolecular Hbond substituents is 1. The van der Waals surface area contributed by atoms with Gasteiger partial charge in [0.15, 0.2) is 0 Å². The Labute approximate surface area is 234 Å². The number of alkyl halides is 3. The molecular formula is C29H29F3N6O3. The summed E-state index contributed by atoms with van der Waals surface area (Å²) in [5.41, 5.74) is 8.13. The van der Waals surface area contributed by atoms with Crippen molar-refractivity contribution in [3.05, 3.63) is 76.9 Å². The van der Waals surface area contributed by atoms with E-state index < -0.39 is 29.9 Å². The highest BCUT2D eigenvalue weighted by Gasteiger charge is 2.45. The van der Waals surface area contributed by atoms with Gasteiger partial charge in [0.2, 0.25) is 5.91 Å². The van der Waals surface area contributed by atoms with Crippen LogP contribution in [0, 0.1) is 0 Å². The van der Waals surface area contributed by atoms with Crippen molar-refractivity contribution in [1.82, 2.24) is 24.6 Å². The maximum absolute atomic E-state index is 13.9. The predicted octanol–water partition coefficient (Wildman–Crippen LogP) is 4.15. The number of rotatable bonds is 4. The molecule has 2 unspecified atom stereocenters. The van der Waals surface area contributed by atoms with E-state index in [1.54, 1.807) is 15.6 Å². The Hall–Kier alpha value is -4.35. The maximum atomic E-state index is 13.9. The summed E-state index contributed by atoms with van der Waals surface area (Å²) in [5, 5.41) is 15.8. The average Bonchev–Trinajstić information content (AvgIpc) is 3.74. The number of aromatic nitrogens is 3. The number of hydrogen-bond donors (Lipinski definition) is 2. The molecule has 9 nitrogen and oxygen atoms in total. The molecule has 1 aliphatic carbocycles. The summed E-state index contributed by atoms with van der Waals surface area (Å²) in [5.74, 6) is -0.319. The first-order valence-corrected chi connectivity index (χ1v) is 13.5. The smallest absolute Gasteiger partial charge is 0.433 e. The number of hydrogen-bond acceptors (Lipinski definition) is 6. The molecule has 0 spiro atoms. The first-order chi connectivity index (χ1) is 19.5. The molecule has 1 fully saturated rings. The zero-order valence-electron chi connectivity index (χ0n) is 22.4. The van der Waals surface area contributed by atoms with Gasteiger partial charge >= 0.3 is 6.18 Å². The van der Waals surface area contributed by atoms with Gasteiger partial charge < -0.3 is 20.6 Å². The lowest BCUT2D eigenvalue weighted by Gasteiger charge is -2.42. The third-order valence-corrected chi connectivity index (χ3v) is 8.31. The van der Waals surface area contributed by atoms with E-state index in [9.17, 15) is 27.9 Å². The minimum atomic E-state index is -4.71. The fourth-order valence-corrected chi connectivity index (χ4v) is 6.11. The summed E-state index contributed by atoms with van der Waals surface area (Å²) in [7, 11) is 0. The Morgan fingerprint density at radius 3 is 2.51 bits per heavy atom. The Kier molecular flexibility index (Phi) is 6.31. The van der Waals surface area contributed by atoms with Crippen LogP contribution in [-0.4, -0.2) is 60.6 Å². The van der Waals surface area contributed by atoms with Gasteiger partial charge in [-0.25, -0.2) is 4.68 Å². The summed E-state index contributed by atoms with van der Waals surface area (Å²) < 4.78 is 41.3. The largest absolute Gasteiger partial charge is 0.506 e. The molecule has 2 aromatic heterocycles. The molecule has 0 saturated heterocycles. The van der Waals surface area contributed by atoms with E-state index in [1.165, 1.54) is 11.0 Å². The Morgan fingerprint density at radius 1 is 1.15 bits per heavy atom. The summed E-state index contributed by atoms with van der Waals surface area (Å²) in [6, 6.07) is 5.09. The Balaban J connectivity index is 1.44. The summed E-state index contributed by atoms with van der Waals surface area (Å²) in [4.78, 5) is 33.3. The van der Waals surface area contributed by atoms with Crippen LogP contribution in [0.15, 0.2) is 43.1 Å². The fourth-order valence-electron chi connectivity index (χ4n) is 6.11. The lowest BCUT2D eigenvalue weighted by Crippen LogP contribution is -2.50. The monoisotopic (exact) mass is 566 g/mol. The molecule has 0 radical (unpaired) electrons. The fraction of sp³-hybridized carbons (Fsp3) is 0.379. The van der Waals surface area contributed by atoms with Crippen molar-refractivity contribution in [2.75, 3.05) is 18.8 Å². The number of pyridine rings is 1. The molecule has 3 aliphatic rings. The third-order valence-electron chi connectivity index (χ3n) is 8.31. The predicted molar refractivity (Wildman–Crippen MR) is 143 cm³/mol. The van der Waals surface area contributed by atoms with Crippen LogP contribution in [0.25, 0.3) is 5.69 Å². The van der Waals surface area contributed by atoms with Crippen molar-refractivity contribution in [3.63, 3.8) is 0 Å². The van der Waals surface area contributed by atoms with Gasteiger partial charge in [0.25, 0.3) is 5.91 Å². The molecule has 41 heavy (non-hydrogen) atoms. The highest BCUT2D eigenvalue weighted by atomic mass is 19.4.